The minimum absolute atomic E-state index is 0.318. The number of hydrogen-bond donors (Lipinski definition) is 1. The lowest BCUT2D eigenvalue weighted by Crippen LogP contribution is -2.20. The Morgan fingerprint density at radius 3 is 2.93 bits per heavy atom. The van der Waals surface area contributed by atoms with Gasteiger partial charge in [0.25, 0.3) is 0 Å². The molecule has 0 fully saturated rings. The second-order valence-electron chi connectivity index (χ2n) is 3.56. The summed E-state index contributed by atoms with van der Waals surface area (Å²) in [7, 11) is 0. The van der Waals surface area contributed by atoms with Crippen LogP contribution in [0.25, 0.3) is 0 Å². The van der Waals surface area contributed by atoms with Crippen molar-refractivity contribution in [3.63, 3.8) is 0 Å². The molecule has 80 valence electrons. The first-order chi connectivity index (χ1) is 7.36. The van der Waals surface area contributed by atoms with Crippen molar-refractivity contribution in [2.24, 2.45) is 0 Å². The Morgan fingerprint density at radius 2 is 2.27 bits per heavy atom. The summed E-state index contributed by atoms with van der Waals surface area (Å²) in [4.78, 5) is 0. The monoisotopic (exact) mass is 205 g/mol. The molecule has 0 spiro atoms. The van der Waals surface area contributed by atoms with Crippen molar-refractivity contribution in [2.75, 3.05) is 6.54 Å². The van der Waals surface area contributed by atoms with E-state index in [1.54, 1.807) is 18.8 Å². The Bertz CT molecular complexity index is 364. The lowest BCUT2D eigenvalue weighted by atomic mass is 10.2. The summed E-state index contributed by atoms with van der Waals surface area (Å²) in [5, 5.41) is 3.40. The maximum Gasteiger partial charge on any atom is 0.105 e. The lowest BCUT2D eigenvalue weighted by Gasteiger charge is -2.10. The summed E-state index contributed by atoms with van der Waals surface area (Å²) in [5.74, 6) is 1.02. The molecule has 2 heterocycles. The van der Waals surface area contributed by atoms with Gasteiger partial charge in [0.1, 0.15) is 5.76 Å². The molecule has 1 atom stereocenters. The molecule has 0 aliphatic heterocycles. The van der Waals surface area contributed by atoms with E-state index in [0.717, 1.165) is 18.7 Å². The molecule has 1 N–H and O–H groups in total. The van der Waals surface area contributed by atoms with E-state index < -0.39 is 0 Å². The molecular formula is C12H15NO2. The van der Waals surface area contributed by atoms with Gasteiger partial charge in [-0.2, -0.15) is 0 Å². The van der Waals surface area contributed by atoms with Crippen LogP contribution in [-0.2, 0) is 6.42 Å². The van der Waals surface area contributed by atoms with Gasteiger partial charge in [0.15, 0.2) is 0 Å². The van der Waals surface area contributed by atoms with Crippen LogP contribution >= 0.6 is 0 Å². The zero-order chi connectivity index (χ0) is 10.5. The third-order valence-corrected chi connectivity index (χ3v) is 2.45. The molecule has 0 aliphatic carbocycles. The van der Waals surface area contributed by atoms with Crippen LogP contribution in [-0.4, -0.2) is 6.54 Å². The maximum atomic E-state index is 5.25. The van der Waals surface area contributed by atoms with E-state index in [1.807, 2.05) is 18.2 Å². The first-order valence-corrected chi connectivity index (χ1v) is 5.14. The lowest BCUT2D eigenvalue weighted by molar-refractivity contribution is 0.484. The fourth-order valence-corrected chi connectivity index (χ4v) is 1.51. The van der Waals surface area contributed by atoms with E-state index in [2.05, 4.69) is 12.2 Å². The fourth-order valence-electron chi connectivity index (χ4n) is 1.51. The van der Waals surface area contributed by atoms with E-state index in [1.165, 1.54) is 5.56 Å². The van der Waals surface area contributed by atoms with Crippen LogP contribution in [0.15, 0.2) is 45.8 Å². The highest BCUT2D eigenvalue weighted by Crippen LogP contribution is 2.12. The van der Waals surface area contributed by atoms with Crippen molar-refractivity contribution in [1.29, 1.82) is 0 Å². The van der Waals surface area contributed by atoms with E-state index in [-0.39, 0.29) is 0 Å². The predicted octanol–water partition coefficient (Wildman–Crippen LogP) is 2.77. The van der Waals surface area contributed by atoms with Crippen LogP contribution in [0, 0.1) is 0 Å². The number of rotatable bonds is 5. The molecule has 0 radical (unpaired) electrons. The Kier molecular flexibility index (Phi) is 3.25. The van der Waals surface area contributed by atoms with Crippen molar-refractivity contribution in [2.45, 2.75) is 19.4 Å². The van der Waals surface area contributed by atoms with Gasteiger partial charge in [0.2, 0.25) is 0 Å². The van der Waals surface area contributed by atoms with Crippen LogP contribution < -0.4 is 5.32 Å². The van der Waals surface area contributed by atoms with Gasteiger partial charge in [-0.05, 0) is 25.1 Å². The largest absolute Gasteiger partial charge is 0.472 e. The van der Waals surface area contributed by atoms with Crippen molar-refractivity contribution in [1.82, 2.24) is 5.32 Å². The SMILES string of the molecule is CC(NCCc1ccco1)c1ccoc1. The summed E-state index contributed by atoms with van der Waals surface area (Å²) >= 11 is 0. The van der Waals surface area contributed by atoms with E-state index in [4.69, 9.17) is 8.83 Å². The Hall–Kier alpha value is -1.48. The second-order valence-corrected chi connectivity index (χ2v) is 3.56. The Balaban J connectivity index is 1.74. The fraction of sp³-hybridized carbons (Fsp3) is 0.333. The zero-order valence-electron chi connectivity index (χ0n) is 8.77. The van der Waals surface area contributed by atoms with Crippen molar-refractivity contribution >= 4 is 0 Å². The highest BCUT2D eigenvalue weighted by atomic mass is 16.3. The third-order valence-electron chi connectivity index (χ3n) is 2.45. The quantitative estimate of drug-likeness (QED) is 0.815. The molecule has 2 aromatic heterocycles. The molecule has 0 aliphatic rings. The standard InChI is InChI=1S/C12H15NO2/c1-10(11-5-8-14-9-11)13-6-4-12-3-2-7-15-12/h2-3,5,7-10,13H,4,6H2,1H3. The Morgan fingerprint density at radius 1 is 1.33 bits per heavy atom. The topological polar surface area (TPSA) is 38.3 Å². The molecule has 1 unspecified atom stereocenters. The van der Waals surface area contributed by atoms with Crippen LogP contribution in [0.4, 0.5) is 0 Å². The van der Waals surface area contributed by atoms with Crippen LogP contribution in [0.1, 0.15) is 24.3 Å². The van der Waals surface area contributed by atoms with Crippen molar-refractivity contribution in [3.05, 3.63) is 48.3 Å². The van der Waals surface area contributed by atoms with Gasteiger partial charge in [-0.1, -0.05) is 0 Å². The van der Waals surface area contributed by atoms with Gasteiger partial charge in [-0.25, -0.2) is 0 Å². The molecule has 0 amide bonds. The zero-order valence-corrected chi connectivity index (χ0v) is 8.77. The molecule has 3 nitrogen and oxygen atoms in total. The average Bonchev–Trinajstić information content (AvgIpc) is 2.90. The smallest absolute Gasteiger partial charge is 0.105 e. The van der Waals surface area contributed by atoms with Gasteiger partial charge in [0.05, 0.1) is 18.8 Å². The van der Waals surface area contributed by atoms with Gasteiger partial charge >= 0.3 is 0 Å². The molecule has 0 bridgehead atoms. The summed E-state index contributed by atoms with van der Waals surface area (Å²) in [6, 6.07) is 6.20. The maximum absolute atomic E-state index is 5.25. The summed E-state index contributed by atoms with van der Waals surface area (Å²) < 4.78 is 10.3. The van der Waals surface area contributed by atoms with Gasteiger partial charge < -0.3 is 14.2 Å². The second kappa shape index (κ2) is 4.84. The van der Waals surface area contributed by atoms with Crippen molar-refractivity contribution < 1.29 is 8.83 Å². The first kappa shape index (κ1) is 10.1. The van der Waals surface area contributed by atoms with Crippen LogP contribution in [0.5, 0.6) is 0 Å². The molecule has 2 rings (SSSR count). The summed E-state index contributed by atoms with van der Waals surface area (Å²) in [6.45, 7) is 3.02. The third kappa shape index (κ3) is 2.73. The van der Waals surface area contributed by atoms with Gasteiger partial charge in [-0.15, -0.1) is 0 Å². The molecule has 2 aromatic rings. The van der Waals surface area contributed by atoms with Crippen LogP contribution in [0.3, 0.4) is 0 Å². The minimum atomic E-state index is 0.318. The van der Waals surface area contributed by atoms with E-state index in [0.29, 0.717) is 6.04 Å². The normalized spacial score (nSPS) is 12.9. The molecule has 15 heavy (non-hydrogen) atoms. The highest BCUT2D eigenvalue weighted by molar-refractivity contribution is 5.10. The molecule has 0 saturated carbocycles. The number of hydrogen-bond acceptors (Lipinski definition) is 3. The average molecular weight is 205 g/mol. The molecule has 0 aromatic carbocycles. The number of furan rings is 2. The minimum Gasteiger partial charge on any atom is -0.472 e. The van der Waals surface area contributed by atoms with E-state index >= 15 is 0 Å². The molecule has 0 saturated heterocycles. The molecule has 3 heteroatoms. The number of nitrogens with one attached hydrogen (secondary N) is 1. The van der Waals surface area contributed by atoms with Crippen LogP contribution in [0.2, 0.25) is 0 Å². The first-order valence-electron chi connectivity index (χ1n) is 5.14. The summed E-state index contributed by atoms with van der Waals surface area (Å²) in [5.41, 5.74) is 1.18. The highest BCUT2D eigenvalue weighted by Gasteiger charge is 2.05. The summed E-state index contributed by atoms with van der Waals surface area (Å²) in [6.07, 6.45) is 6.08. The predicted molar refractivity (Wildman–Crippen MR) is 57.5 cm³/mol. The van der Waals surface area contributed by atoms with Gasteiger partial charge in [-0.3, -0.25) is 0 Å². The van der Waals surface area contributed by atoms with E-state index in [9.17, 15) is 0 Å². The van der Waals surface area contributed by atoms with Gasteiger partial charge in [0, 0.05) is 24.6 Å². The molecular weight excluding hydrogens is 190 g/mol. The Labute approximate surface area is 89.1 Å². The van der Waals surface area contributed by atoms with Crippen molar-refractivity contribution in [3.8, 4) is 0 Å².